The second-order valence-electron chi connectivity index (χ2n) is 6.37. The lowest BCUT2D eigenvalue weighted by molar-refractivity contribution is -0.384. The van der Waals surface area contributed by atoms with Gasteiger partial charge in [-0.3, -0.25) is 29.7 Å². The Labute approximate surface area is 187 Å². The van der Waals surface area contributed by atoms with Gasteiger partial charge in [-0.25, -0.2) is 10.9 Å². The molecule has 0 radical (unpaired) electrons. The number of nitrogens with zero attached hydrogens (tertiary/aromatic N) is 5. The molecule has 3 rings (SSSR count). The number of nitro groups is 1. The Hall–Kier alpha value is -5.06. The van der Waals surface area contributed by atoms with Crippen molar-refractivity contribution in [1.29, 1.82) is 0 Å². The van der Waals surface area contributed by atoms with Gasteiger partial charge in [-0.15, -0.1) is 0 Å². The maximum absolute atomic E-state index is 12.7. The fourth-order valence-electron chi connectivity index (χ4n) is 2.44. The lowest BCUT2D eigenvalue weighted by Crippen LogP contribution is -2.30. The topological polar surface area (TPSA) is 152 Å². The fraction of sp³-hybridized carbons (Fsp3) is 0. The summed E-state index contributed by atoms with van der Waals surface area (Å²) in [7, 11) is 0. The number of hydrazone groups is 2. The van der Waals surface area contributed by atoms with Gasteiger partial charge in [0.05, 0.1) is 17.4 Å². The number of carbonyl (C=O) groups is 2. The van der Waals surface area contributed by atoms with Gasteiger partial charge in [0, 0.05) is 36.9 Å². The van der Waals surface area contributed by atoms with Crippen LogP contribution in [0.4, 0.5) is 5.69 Å². The minimum absolute atomic E-state index is 0.119. The van der Waals surface area contributed by atoms with Gasteiger partial charge >= 0.3 is 0 Å². The smallest absolute Gasteiger partial charge is 0.267 e. The first kappa shape index (κ1) is 22.6. The van der Waals surface area contributed by atoms with E-state index in [-0.39, 0.29) is 11.3 Å². The first-order valence-electron chi connectivity index (χ1n) is 9.46. The van der Waals surface area contributed by atoms with E-state index >= 15 is 0 Å². The summed E-state index contributed by atoms with van der Waals surface area (Å²) in [5.41, 5.74) is 5.93. The number of hydrogen-bond acceptors (Lipinski definition) is 8. The summed E-state index contributed by atoms with van der Waals surface area (Å²) >= 11 is 0. The number of carbonyl (C=O) groups excluding carboxylic acids is 2. The normalized spacial score (nSPS) is 10.7. The highest BCUT2D eigenvalue weighted by molar-refractivity contribution is 6.21. The van der Waals surface area contributed by atoms with Crippen molar-refractivity contribution in [1.82, 2.24) is 20.8 Å². The quantitative estimate of drug-likeness (QED) is 0.136. The molecule has 0 saturated carbocycles. The van der Waals surface area contributed by atoms with Crippen LogP contribution in [0, 0.1) is 10.1 Å². The Balaban J connectivity index is 1.79. The van der Waals surface area contributed by atoms with Gasteiger partial charge in [-0.05, 0) is 59.2 Å². The maximum atomic E-state index is 12.7. The van der Waals surface area contributed by atoms with E-state index in [1.54, 1.807) is 49.1 Å². The average molecular weight is 443 g/mol. The molecule has 0 spiro atoms. The number of nitrogens with one attached hydrogen (secondary N) is 2. The van der Waals surface area contributed by atoms with Gasteiger partial charge in [0.2, 0.25) is 0 Å². The molecule has 2 aromatic heterocycles. The van der Waals surface area contributed by atoms with Crippen LogP contribution >= 0.6 is 0 Å². The number of rotatable bonds is 8. The van der Waals surface area contributed by atoms with Crippen LogP contribution in [-0.2, 0) is 9.59 Å². The Kier molecular flexibility index (Phi) is 7.79. The number of nitro benzene ring substituents is 1. The van der Waals surface area contributed by atoms with E-state index in [4.69, 9.17) is 0 Å². The van der Waals surface area contributed by atoms with Crippen LogP contribution in [-0.4, -0.2) is 39.1 Å². The molecule has 0 unspecified atom stereocenters. The van der Waals surface area contributed by atoms with Gasteiger partial charge < -0.3 is 0 Å². The molecule has 0 aliphatic heterocycles. The lowest BCUT2D eigenvalue weighted by Gasteiger charge is -2.05. The van der Waals surface area contributed by atoms with Crippen LogP contribution in [0.15, 0.2) is 89.1 Å². The molecule has 0 atom stereocenters. The van der Waals surface area contributed by atoms with E-state index in [1.807, 2.05) is 0 Å². The molecule has 33 heavy (non-hydrogen) atoms. The van der Waals surface area contributed by atoms with E-state index < -0.39 is 16.7 Å². The standard InChI is InChI=1S/C22H17N7O4/c30-21(27-25-14-17-5-9-23-10-6-17)20(13-16-1-3-19(4-2-16)29(32)33)22(31)28-26-15-18-7-11-24-12-8-18/h1-15H,(H,27,30)(H,28,31). The largest absolute Gasteiger partial charge is 0.277 e. The van der Waals surface area contributed by atoms with Crippen LogP contribution in [0.1, 0.15) is 16.7 Å². The molecule has 2 N–H and O–H groups in total. The number of amides is 2. The third-order valence-electron chi connectivity index (χ3n) is 4.08. The number of hydrogen-bond donors (Lipinski definition) is 2. The fourth-order valence-corrected chi connectivity index (χ4v) is 2.44. The van der Waals surface area contributed by atoms with Crippen molar-refractivity contribution in [2.24, 2.45) is 10.2 Å². The summed E-state index contributed by atoms with van der Waals surface area (Å²) in [6, 6.07) is 12.1. The lowest BCUT2D eigenvalue weighted by atomic mass is 10.1. The van der Waals surface area contributed by atoms with E-state index in [0.29, 0.717) is 16.7 Å². The summed E-state index contributed by atoms with van der Waals surface area (Å²) in [5, 5.41) is 18.5. The van der Waals surface area contributed by atoms with E-state index in [2.05, 4.69) is 31.0 Å². The Morgan fingerprint density at radius 2 is 1.21 bits per heavy atom. The zero-order chi connectivity index (χ0) is 23.5. The SMILES string of the molecule is O=C(NN=Cc1ccncc1)C(=Cc1ccc([N+](=O)[O-])cc1)C(=O)NN=Cc1ccncc1. The molecule has 11 nitrogen and oxygen atoms in total. The molecule has 2 amide bonds. The minimum atomic E-state index is -0.796. The van der Waals surface area contributed by atoms with Crippen molar-refractivity contribution >= 4 is 36.0 Å². The Morgan fingerprint density at radius 1 is 0.758 bits per heavy atom. The highest BCUT2D eigenvalue weighted by Gasteiger charge is 2.18. The molecule has 164 valence electrons. The van der Waals surface area contributed by atoms with E-state index in [1.165, 1.54) is 42.8 Å². The van der Waals surface area contributed by atoms with Crippen molar-refractivity contribution in [2.45, 2.75) is 0 Å². The van der Waals surface area contributed by atoms with Crippen LogP contribution < -0.4 is 10.9 Å². The molecule has 0 aliphatic rings. The number of non-ortho nitro benzene ring substituents is 1. The molecular weight excluding hydrogens is 426 g/mol. The van der Waals surface area contributed by atoms with Crippen molar-refractivity contribution < 1.29 is 14.5 Å². The average Bonchev–Trinajstić information content (AvgIpc) is 2.84. The second-order valence-corrected chi connectivity index (χ2v) is 6.37. The summed E-state index contributed by atoms with van der Waals surface area (Å²) in [5.74, 6) is -1.59. The zero-order valence-electron chi connectivity index (χ0n) is 17.0. The van der Waals surface area contributed by atoms with Gasteiger partial charge in [0.15, 0.2) is 0 Å². The van der Waals surface area contributed by atoms with Crippen molar-refractivity contribution in [2.75, 3.05) is 0 Å². The van der Waals surface area contributed by atoms with Crippen LogP contribution in [0.5, 0.6) is 0 Å². The van der Waals surface area contributed by atoms with E-state index in [0.717, 1.165) is 0 Å². The van der Waals surface area contributed by atoms with Gasteiger partial charge in [0.1, 0.15) is 5.57 Å². The molecular formula is C22H17N7O4. The molecule has 2 heterocycles. The number of pyridine rings is 2. The molecule has 0 bridgehead atoms. The summed E-state index contributed by atoms with van der Waals surface area (Å²) in [6.07, 6.45) is 10.3. The summed E-state index contributed by atoms with van der Waals surface area (Å²) < 4.78 is 0. The van der Waals surface area contributed by atoms with Crippen molar-refractivity contribution in [3.8, 4) is 0 Å². The highest BCUT2D eigenvalue weighted by atomic mass is 16.6. The third kappa shape index (κ3) is 7.00. The Morgan fingerprint density at radius 3 is 1.64 bits per heavy atom. The van der Waals surface area contributed by atoms with Crippen molar-refractivity contribution in [3.05, 3.63) is 106 Å². The molecule has 0 aliphatic carbocycles. The molecule has 0 fully saturated rings. The molecule has 11 heteroatoms. The molecule has 3 aromatic rings. The molecule has 1 aromatic carbocycles. The van der Waals surface area contributed by atoms with E-state index in [9.17, 15) is 19.7 Å². The maximum Gasteiger partial charge on any atom is 0.277 e. The van der Waals surface area contributed by atoms with Gasteiger partial charge in [0.25, 0.3) is 17.5 Å². The second kappa shape index (κ2) is 11.4. The number of aromatic nitrogens is 2. The monoisotopic (exact) mass is 443 g/mol. The predicted molar refractivity (Wildman–Crippen MR) is 121 cm³/mol. The van der Waals surface area contributed by atoms with Crippen LogP contribution in [0.2, 0.25) is 0 Å². The number of benzene rings is 1. The Bertz CT molecular complexity index is 1140. The summed E-state index contributed by atoms with van der Waals surface area (Å²) in [6.45, 7) is 0. The van der Waals surface area contributed by atoms with Gasteiger partial charge in [-0.2, -0.15) is 10.2 Å². The van der Waals surface area contributed by atoms with Crippen LogP contribution in [0.3, 0.4) is 0 Å². The summed E-state index contributed by atoms with van der Waals surface area (Å²) in [4.78, 5) is 43.4. The third-order valence-corrected chi connectivity index (χ3v) is 4.08. The minimum Gasteiger partial charge on any atom is -0.267 e. The first-order valence-corrected chi connectivity index (χ1v) is 9.46. The van der Waals surface area contributed by atoms with Crippen LogP contribution in [0.25, 0.3) is 6.08 Å². The predicted octanol–water partition coefficient (Wildman–Crippen LogP) is 2.07. The zero-order valence-corrected chi connectivity index (χ0v) is 17.0. The highest BCUT2D eigenvalue weighted by Crippen LogP contribution is 2.14. The van der Waals surface area contributed by atoms with Crippen molar-refractivity contribution in [3.63, 3.8) is 0 Å². The van der Waals surface area contributed by atoms with Gasteiger partial charge in [-0.1, -0.05) is 0 Å². The first-order chi connectivity index (χ1) is 16.0. The molecule has 0 saturated heterocycles.